The van der Waals surface area contributed by atoms with Gasteiger partial charge in [0, 0.05) is 18.0 Å². The van der Waals surface area contributed by atoms with E-state index in [1.54, 1.807) is 26.2 Å². The van der Waals surface area contributed by atoms with Gasteiger partial charge in [0.1, 0.15) is 23.0 Å². The summed E-state index contributed by atoms with van der Waals surface area (Å²) in [6, 6.07) is 12.6. The average Bonchev–Trinajstić information content (AvgIpc) is 3.36. The summed E-state index contributed by atoms with van der Waals surface area (Å²) in [5.74, 6) is 1.30. The van der Waals surface area contributed by atoms with E-state index in [9.17, 15) is 5.11 Å². The second kappa shape index (κ2) is 6.67. The molecule has 1 aromatic carbocycles. The first-order valence-corrected chi connectivity index (χ1v) is 11.0. The van der Waals surface area contributed by atoms with E-state index in [1.165, 1.54) is 11.1 Å². The zero-order chi connectivity index (χ0) is 22.1. The Kier molecular flexibility index (Phi) is 4.07. The molecule has 1 aliphatic carbocycles. The van der Waals surface area contributed by atoms with Crippen LogP contribution < -0.4 is 0 Å². The molecule has 0 fully saturated rings. The third-order valence-corrected chi connectivity index (χ3v) is 6.72. The molecule has 1 spiro atoms. The van der Waals surface area contributed by atoms with E-state index < -0.39 is 5.60 Å². The number of aryl methyl sites for hydroxylation is 1. The molecule has 32 heavy (non-hydrogen) atoms. The van der Waals surface area contributed by atoms with Gasteiger partial charge in [-0.15, -0.1) is 0 Å². The van der Waals surface area contributed by atoms with Crippen molar-refractivity contribution < 1.29 is 9.84 Å². The van der Waals surface area contributed by atoms with Gasteiger partial charge in [-0.25, -0.2) is 19.9 Å². The van der Waals surface area contributed by atoms with Gasteiger partial charge in [-0.1, -0.05) is 24.3 Å². The first-order chi connectivity index (χ1) is 15.4. The Bertz CT molecular complexity index is 1340. The third-order valence-electron chi connectivity index (χ3n) is 6.72. The molecule has 162 valence electrons. The fraction of sp³-hybridized carbons (Fsp3) is 0.360. The van der Waals surface area contributed by atoms with Crippen LogP contribution in [0, 0.1) is 0 Å². The molecule has 0 bridgehead atoms. The molecule has 1 N–H and O–H groups in total. The molecule has 0 amide bonds. The van der Waals surface area contributed by atoms with E-state index in [1.807, 2.05) is 12.1 Å². The monoisotopic (exact) mass is 427 g/mol. The molecule has 6 rings (SSSR count). The molecule has 0 radical (unpaired) electrons. The maximum absolute atomic E-state index is 10.2. The molecule has 1 aliphatic heterocycles. The lowest BCUT2D eigenvalue weighted by Crippen LogP contribution is -2.43. The van der Waals surface area contributed by atoms with Crippen molar-refractivity contribution in [2.45, 2.75) is 50.9 Å². The van der Waals surface area contributed by atoms with Gasteiger partial charge in [0.15, 0.2) is 11.5 Å². The van der Waals surface area contributed by atoms with Crippen molar-refractivity contribution in [1.82, 2.24) is 24.5 Å². The number of aliphatic hydroxyl groups is 1. The van der Waals surface area contributed by atoms with E-state index in [2.05, 4.69) is 45.7 Å². The van der Waals surface area contributed by atoms with E-state index >= 15 is 0 Å². The van der Waals surface area contributed by atoms with Crippen molar-refractivity contribution in [2.24, 2.45) is 0 Å². The second-order valence-electron chi connectivity index (χ2n) is 9.34. The first-order valence-electron chi connectivity index (χ1n) is 11.0. The van der Waals surface area contributed by atoms with Gasteiger partial charge in [-0.2, -0.15) is 0 Å². The van der Waals surface area contributed by atoms with Crippen LogP contribution in [0.5, 0.6) is 0 Å². The van der Waals surface area contributed by atoms with Gasteiger partial charge in [-0.3, -0.25) is 4.57 Å². The minimum absolute atomic E-state index is 0.0968. The molecular weight excluding hydrogens is 402 g/mol. The second-order valence-corrected chi connectivity index (χ2v) is 9.34. The van der Waals surface area contributed by atoms with Crippen LogP contribution in [0.1, 0.15) is 56.1 Å². The highest BCUT2D eigenvalue weighted by Gasteiger charge is 2.47. The average molecular weight is 428 g/mol. The van der Waals surface area contributed by atoms with Crippen molar-refractivity contribution in [3.63, 3.8) is 0 Å². The lowest BCUT2D eigenvalue weighted by Gasteiger charge is -2.39. The summed E-state index contributed by atoms with van der Waals surface area (Å²) in [7, 11) is 0. The number of pyridine rings is 1. The lowest BCUT2D eigenvalue weighted by atomic mass is 9.90. The standard InChI is InChI=1S/C25H25N5O2/c1-15-21-29-20-9-8-19(17-12-26-23(27-13-17)24(2,3)31)28-22(20)30(21)25(14-32-15)11-10-16-6-4-5-7-18(16)25/h4-9,12-13,15,31H,10-11,14H2,1-3H3. The summed E-state index contributed by atoms with van der Waals surface area (Å²) >= 11 is 0. The minimum atomic E-state index is -1.08. The van der Waals surface area contributed by atoms with Crippen LogP contribution in [0.2, 0.25) is 0 Å². The summed E-state index contributed by atoms with van der Waals surface area (Å²) in [6.07, 6.45) is 5.31. The van der Waals surface area contributed by atoms with Gasteiger partial charge in [0.05, 0.1) is 17.8 Å². The molecule has 4 aromatic rings. The number of aromatic nitrogens is 5. The molecule has 2 unspecified atom stereocenters. The first kappa shape index (κ1) is 19.5. The molecule has 2 aliphatic rings. The van der Waals surface area contributed by atoms with Gasteiger partial charge in [0.25, 0.3) is 0 Å². The van der Waals surface area contributed by atoms with Crippen LogP contribution in [0.3, 0.4) is 0 Å². The Morgan fingerprint density at radius 3 is 2.66 bits per heavy atom. The smallest absolute Gasteiger partial charge is 0.161 e. The number of rotatable bonds is 2. The number of hydrogen-bond donors (Lipinski definition) is 1. The highest BCUT2D eigenvalue weighted by molar-refractivity contribution is 5.77. The van der Waals surface area contributed by atoms with Crippen molar-refractivity contribution >= 4 is 11.2 Å². The predicted molar refractivity (Wildman–Crippen MR) is 120 cm³/mol. The summed E-state index contributed by atoms with van der Waals surface area (Å²) in [6.45, 7) is 6.01. The third kappa shape index (κ3) is 2.74. The van der Waals surface area contributed by atoms with Crippen LogP contribution in [0.25, 0.3) is 22.4 Å². The van der Waals surface area contributed by atoms with Crippen LogP contribution in [0.15, 0.2) is 48.8 Å². The predicted octanol–water partition coefficient (Wildman–Crippen LogP) is 3.90. The summed E-state index contributed by atoms with van der Waals surface area (Å²) < 4.78 is 8.55. The van der Waals surface area contributed by atoms with Gasteiger partial charge < -0.3 is 9.84 Å². The fourth-order valence-electron chi connectivity index (χ4n) is 5.06. The normalized spacial score (nSPS) is 22.3. The molecule has 2 atom stereocenters. The molecule has 7 nitrogen and oxygen atoms in total. The quantitative estimate of drug-likeness (QED) is 0.522. The molecule has 7 heteroatoms. The van der Waals surface area contributed by atoms with E-state index in [0.29, 0.717) is 12.4 Å². The zero-order valence-corrected chi connectivity index (χ0v) is 18.4. The maximum atomic E-state index is 10.2. The maximum Gasteiger partial charge on any atom is 0.161 e. The highest BCUT2D eigenvalue weighted by atomic mass is 16.5. The van der Waals surface area contributed by atoms with E-state index in [0.717, 1.165) is 41.1 Å². The Balaban J connectivity index is 1.54. The lowest BCUT2D eigenvalue weighted by molar-refractivity contribution is -0.0189. The van der Waals surface area contributed by atoms with Crippen LogP contribution in [-0.4, -0.2) is 36.2 Å². The van der Waals surface area contributed by atoms with Crippen LogP contribution in [0.4, 0.5) is 0 Å². The van der Waals surface area contributed by atoms with Crippen molar-refractivity contribution in [2.75, 3.05) is 6.61 Å². The largest absolute Gasteiger partial charge is 0.382 e. The molecule has 0 saturated carbocycles. The van der Waals surface area contributed by atoms with Crippen LogP contribution >= 0.6 is 0 Å². The molecule has 0 saturated heterocycles. The Hall–Kier alpha value is -3.16. The van der Waals surface area contributed by atoms with Gasteiger partial charge in [0.2, 0.25) is 0 Å². The number of hydrogen-bond acceptors (Lipinski definition) is 6. The van der Waals surface area contributed by atoms with Crippen molar-refractivity contribution in [1.29, 1.82) is 0 Å². The number of fused-ring (bicyclic) bond motifs is 6. The zero-order valence-electron chi connectivity index (χ0n) is 18.4. The number of nitrogens with zero attached hydrogens (tertiary/aromatic N) is 5. The van der Waals surface area contributed by atoms with E-state index in [-0.39, 0.29) is 11.6 Å². The fourth-order valence-corrected chi connectivity index (χ4v) is 5.06. The summed E-state index contributed by atoms with van der Waals surface area (Å²) in [4.78, 5) is 18.7. The molecule has 3 aromatic heterocycles. The summed E-state index contributed by atoms with van der Waals surface area (Å²) in [5, 5.41) is 10.2. The SMILES string of the molecule is CC1OCC2(CCc3ccccc32)n2c1nc1ccc(-c3cnc(C(C)(C)O)nc3)nc12. The summed E-state index contributed by atoms with van der Waals surface area (Å²) in [5.41, 5.74) is 4.59. The highest BCUT2D eigenvalue weighted by Crippen LogP contribution is 2.47. The Morgan fingerprint density at radius 1 is 1.09 bits per heavy atom. The topological polar surface area (TPSA) is 86.0 Å². The van der Waals surface area contributed by atoms with Crippen molar-refractivity contribution in [3.8, 4) is 11.3 Å². The molecule has 4 heterocycles. The van der Waals surface area contributed by atoms with Gasteiger partial charge in [-0.05, 0) is 56.9 Å². The molecular formula is C25H25N5O2. The van der Waals surface area contributed by atoms with E-state index in [4.69, 9.17) is 14.7 Å². The van der Waals surface area contributed by atoms with Gasteiger partial charge >= 0.3 is 0 Å². The number of benzene rings is 1. The number of ether oxygens (including phenoxy) is 1. The number of imidazole rings is 1. The van der Waals surface area contributed by atoms with Crippen LogP contribution in [-0.2, 0) is 22.3 Å². The Morgan fingerprint density at radius 2 is 1.88 bits per heavy atom. The van der Waals surface area contributed by atoms with Crippen molar-refractivity contribution in [3.05, 3.63) is 71.6 Å². The minimum Gasteiger partial charge on any atom is -0.382 e. The Labute approximate surface area is 186 Å².